The number of aromatic nitrogens is 2. The van der Waals surface area contributed by atoms with Gasteiger partial charge in [-0.2, -0.15) is 0 Å². The van der Waals surface area contributed by atoms with Gasteiger partial charge in [0.2, 0.25) is 5.91 Å². The van der Waals surface area contributed by atoms with Crippen LogP contribution in [-0.4, -0.2) is 34.3 Å². The van der Waals surface area contributed by atoms with Crippen molar-refractivity contribution in [3.63, 3.8) is 0 Å². The molecule has 1 fully saturated rings. The minimum Gasteiger partial charge on any atom is -0.375 e. The zero-order valence-electron chi connectivity index (χ0n) is 23.2. The van der Waals surface area contributed by atoms with Crippen molar-refractivity contribution in [1.29, 1.82) is 0 Å². The van der Waals surface area contributed by atoms with Gasteiger partial charge in [-0.25, -0.2) is 0 Å². The Balaban J connectivity index is 1.63. The third kappa shape index (κ3) is 5.10. The number of aryl methyl sites for hydroxylation is 3. The number of ether oxygens (including phenoxy) is 1. The van der Waals surface area contributed by atoms with E-state index in [-0.39, 0.29) is 24.6 Å². The van der Waals surface area contributed by atoms with Crippen LogP contribution < -0.4 is 15.5 Å². The predicted octanol–water partition coefficient (Wildman–Crippen LogP) is 6.52. The average Bonchev–Trinajstić information content (AvgIpc) is 3.41. The average molecular weight is 574 g/mol. The highest BCUT2D eigenvalue weighted by molar-refractivity contribution is 7.80. The lowest BCUT2D eigenvalue weighted by molar-refractivity contribution is -0.119. The number of benzene rings is 2. The van der Waals surface area contributed by atoms with Crippen molar-refractivity contribution in [3.05, 3.63) is 106 Å². The van der Waals surface area contributed by atoms with Crippen molar-refractivity contribution in [2.75, 3.05) is 23.9 Å². The van der Waals surface area contributed by atoms with Crippen LogP contribution in [0.5, 0.6) is 0 Å². The third-order valence-corrected chi connectivity index (χ3v) is 7.96. The van der Waals surface area contributed by atoms with Gasteiger partial charge in [-0.1, -0.05) is 35.9 Å². The Morgan fingerprint density at radius 2 is 1.82 bits per heavy atom. The van der Waals surface area contributed by atoms with Gasteiger partial charge in [0.1, 0.15) is 6.61 Å². The molecule has 1 aliphatic heterocycles. The Morgan fingerprint density at radius 3 is 2.48 bits per heavy atom. The van der Waals surface area contributed by atoms with Gasteiger partial charge in [-0.3, -0.25) is 9.78 Å². The largest absolute Gasteiger partial charge is 0.375 e. The fourth-order valence-corrected chi connectivity index (χ4v) is 6.18. The molecule has 9 heteroatoms. The van der Waals surface area contributed by atoms with Crippen LogP contribution in [0, 0.1) is 27.7 Å². The minimum absolute atomic E-state index is 0.0536. The van der Waals surface area contributed by atoms with Crippen LogP contribution in [0.2, 0.25) is 5.02 Å². The standard InChI is InChI=1S/C31H32ClN5O2S/c1-18-9-8-10-19(2)29(18)36-20(3)15-23(21(36)4)30-28(26-11-6-7-14-33-26)35-31(40)37(30)22-12-13-25(24(32)16-22)34-27(38)17-39-5/h6-16,28,30H,17H2,1-5H3,(H,34,38)(H,35,40)/t28-,30+/m0/s1. The number of nitrogens with one attached hydrogen (secondary N) is 2. The molecule has 1 saturated heterocycles. The van der Waals surface area contributed by atoms with Gasteiger partial charge in [-0.15, -0.1) is 0 Å². The highest BCUT2D eigenvalue weighted by Gasteiger charge is 2.42. The van der Waals surface area contributed by atoms with E-state index in [0.717, 1.165) is 28.3 Å². The summed E-state index contributed by atoms with van der Waals surface area (Å²) in [5.41, 5.74) is 9.24. The van der Waals surface area contributed by atoms with E-state index >= 15 is 0 Å². The molecule has 0 aliphatic carbocycles. The van der Waals surface area contributed by atoms with Crippen molar-refractivity contribution in [2.24, 2.45) is 0 Å². The van der Waals surface area contributed by atoms with Gasteiger partial charge in [0.15, 0.2) is 5.11 Å². The maximum Gasteiger partial charge on any atom is 0.250 e. The number of thiocarbonyl (C=S) groups is 1. The second-order valence-corrected chi connectivity index (χ2v) is 10.8. The first-order valence-electron chi connectivity index (χ1n) is 13.1. The number of pyridine rings is 1. The summed E-state index contributed by atoms with van der Waals surface area (Å²) in [5.74, 6) is -0.275. The van der Waals surface area contributed by atoms with E-state index in [4.69, 9.17) is 28.6 Å². The van der Waals surface area contributed by atoms with E-state index in [0.29, 0.717) is 15.8 Å². The number of carbonyl (C=O) groups excluding carboxylic acids is 1. The summed E-state index contributed by atoms with van der Waals surface area (Å²) in [6.07, 6.45) is 1.80. The summed E-state index contributed by atoms with van der Waals surface area (Å²) in [6, 6.07) is 19.7. The van der Waals surface area contributed by atoms with E-state index < -0.39 is 0 Å². The Hall–Kier alpha value is -3.72. The van der Waals surface area contributed by atoms with E-state index in [1.54, 1.807) is 12.3 Å². The van der Waals surface area contributed by atoms with Crippen LogP contribution in [0.1, 0.15) is 45.9 Å². The second-order valence-electron chi connectivity index (χ2n) is 10.0. The highest BCUT2D eigenvalue weighted by Crippen LogP contribution is 2.45. The van der Waals surface area contributed by atoms with E-state index in [9.17, 15) is 4.79 Å². The molecule has 1 amide bonds. The van der Waals surface area contributed by atoms with Crippen molar-refractivity contribution in [3.8, 4) is 5.69 Å². The molecular formula is C31H32ClN5O2S. The third-order valence-electron chi connectivity index (χ3n) is 7.33. The normalized spacial score (nSPS) is 16.8. The van der Waals surface area contributed by atoms with Crippen LogP contribution in [0.4, 0.5) is 11.4 Å². The monoisotopic (exact) mass is 573 g/mol. The minimum atomic E-state index is -0.275. The molecule has 2 aromatic heterocycles. The van der Waals surface area contributed by atoms with Gasteiger partial charge in [0.05, 0.1) is 34.2 Å². The number of methoxy groups -OCH3 is 1. The molecule has 0 saturated carbocycles. The first kappa shape index (κ1) is 27.8. The molecule has 2 N–H and O–H groups in total. The molecule has 206 valence electrons. The molecule has 0 radical (unpaired) electrons. The maximum atomic E-state index is 12.1. The lowest BCUT2D eigenvalue weighted by Crippen LogP contribution is -2.29. The van der Waals surface area contributed by atoms with Crippen molar-refractivity contribution < 1.29 is 9.53 Å². The molecule has 7 nitrogen and oxygen atoms in total. The zero-order chi connectivity index (χ0) is 28.6. The summed E-state index contributed by atoms with van der Waals surface area (Å²) in [4.78, 5) is 18.9. The first-order valence-corrected chi connectivity index (χ1v) is 13.8. The first-order chi connectivity index (χ1) is 19.2. The molecule has 0 bridgehead atoms. The molecule has 4 aromatic rings. The lowest BCUT2D eigenvalue weighted by atomic mass is 9.96. The van der Waals surface area contributed by atoms with Crippen LogP contribution in [0.25, 0.3) is 5.69 Å². The Bertz CT molecular complexity index is 1570. The molecule has 0 unspecified atom stereocenters. The quantitative estimate of drug-likeness (QED) is 0.245. The number of carbonyl (C=O) groups is 1. The predicted molar refractivity (Wildman–Crippen MR) is 165 cm³/mol. The molecule has 0 spiro atoms. The van der Waals surface area contributed by atoms with Gasteiger partial charge in [0.25, 0.3) is 0 Å². The number of hydrogen-bond donors (Lipinski definition) is 2. The fourth-order valence-electron chi connectivity index (χ4n) is 5.61. The molecular weight excluding hydrogens is 542 g/mol. The number of halogens is 1. The van der Waals surface area contributed by atoms with Crippen LogP contribution in [0.15, 0.2) is 66.9 Å². The van der Waals surface area contributed by atoms with E-state index in [1.165, 1.54) is 23.9 Å². The Labute approximate surface area is 245 Å². The second kappa shape index (κ2) is 11.4. The lowest BCUT2D eigenvalue weighted by Gasteiger charge is -2.29. The van der Waals surface area contributed by atoms with Gasteiger partial charge >= 0.3 is 0 Å². The maximum absolute atomic E-state index is 12.1. The highest BCUT2D eigenvalue weighted by atomic mass is 35.5. The molecule has 3 heterocycles. The zero-order valence-corrected chi connectivity index (χ0v) is 24.7. The number of para-hydroxylation sites is 1. The van der Waals surface area contributed by atoms with Crippen LogP contribution >= 0.6 is 23.8 Å². The van der Waals surface area contributed by atoms with Crippen molar-refractivity contribution >= 4 is 46.2 Å². The number of amides is 1. The molecule has 5 rings (SSSR count). The Morgan fingerprint density at radius 1 is 1.07 bits per heavy atom. The number of hydrogen-bond acceptors (Lipinski definition) is 4. The fraction of sp³-hybridized carbons (Fsp3) is 0.258. The summed E-state index contributed by atoms with van der Waals surface area (Å²) >= 11 is 12.6. The van der Waals surface area contributed by atoms with Crippen molar-refractivity contribution in [1.82, 2.24) is 14.9 Å². The van der Waals surface area contributed by atoms with Gasteiger partial charge in [-0.05, 0) is 93.0 Å². The molecule has 2 aromatic carbocycles. The van der Waals surface area contributed by atoms with E-state index in [1.807, 2.05) is 30.3 Å². The molecule has 1 aliphatic rings. The number of anilines is 2. The smallest absolute Gasteiger partial charge is 0.250 e. The topological polar surface area (TPSA) is 71.4 Å². The van der Waals surface area contributed by atoms with Gasteiger partial charge in [0, 0.05) is 30.4 Å². The number of rotatable bonds is 7. The summed E-state index contributed by atoms with van der Waals surface area (Å²) in [5, 5.41) is 7.30. The number of nitrogens with zero attached hydrogens (tertiary/aromatic N) is 3. The summed E-state index contributed by atoms with van der Waals surface area (Å²) < 4.78 is 7.25. The summed E-state index contributed by atoms with van der Waals surface area (Å²) in [6.45, 7) is 8.53. The SMILES string of the molecule is COCC(=O)Nc1ccc(N2C(=S)N[C@@H](c3ccccn3)[C@H]2c2cc(C)n(-c3c(C)cccc3C)c2C)cc1Cl. The van der Waals surface area contributed by atoms with E-state index in [2.05, 4.69) is 77.0 Å². The summed E-state index contributed by atoms with van der Waals surface area (Å²) in [7, 11) is 1.47. The van der Waals surface area contributed by atoms with Crippen molar-refractivity contribution in [2.45, 2.75) is 39.8 Å². The van der Waals surface area contributed by atoms with Crippen LogP contribution in [-0.2, 0) is 9.53 Å². The molecule has 2 atom stereocenters. The van der Waals surface area contributed by atoms with Crippen LogP contribution in [0.3, 0.4) is 0 Å². The Kier molecular flexibility index (Phi) is 7.94. The van der Waals surface area contributed by atoms with Gasteiger partial charge < -0.3 is 24.8 Å². The molecule has 40 heavy (non-hydrogen) atoms.